The fraction of sp³-hybridized carbons (Fsp3) is 0.0500. The summed E-state index contributed by atoms with van der Waals surface area (Å²) in [5.74, 6) is 1.28. The molecule has 0 aromatic heterocycles. The van der Waals surface area contributed by atoms with Gasteiger partial charge < -0.3 is 4.74 Å². The van der Waals surface area contributed by atoms with Crippen LogP contribution >= 0.6 is 11.6 Å². The molecule has 0 aliphatic heterocycles. The first-order chi connectivity index (χ1) is 12.2. The molecule has 3 aromatic carbocycles. The van der Waals surface area contributed by atoms with Crippen molar-refractivity contribution in [3.8, 4) is 11.5 Å². The van der Waals surface area contributed by atoms with Crippen molar-refractivity contribution < 1.29 is 9.53 Å². The van der Waals surface area contributed by atoms with Crippen molar-refractivity contribution in [1.29, 1.82) is 0 Å². The number of hydrogen-bond donors (Lipinski definition) is 2. The summed E-state index contributed by atoms with van der Waals surface area (Å²) in [6, 6.07) is 24.2. The van der Waals surface area contributed by atoms with Crippen molar-refractivity contribution in [1.82, 2.24) is 10.9 Å². The lowest BCUT2D eigenvalue weighted by molar-refractivity contribution is 0.0932. The lowest BCUT2D eigenvalue weighted by atomic mass is 10.2. The van der Waals surface area contributed by atoms with E-state index in [9.17, 15) is 4.79 Å². The summed E-state index contributed by atoms with van der Waals surface area (Å²) in [6.45, 7) is 0.488. The number of hydrazine groups is 1. The van der Waals surface area contributed by atoms with Gasteiger partial charge in [-0.2, -0.15) is 0 Å². The van der Waals surface area contributed by atoms with E-state index in [1.807, 2.05) is 54.6 Å². The number of rotatable bonds is 6. The Labute approximate surface area is 151 Å². The zero-order valence-electron chi connectivity index (χ0n) is 13.4. The molecule has 0 heterocycles. The number of halogens is 1. The molecular formula is C20H17ClN2O2. The minimum atomic E-state index is -0.269. The van der Waals surface area contributed by atoms with Crippen LogP contribution in [0.3, 0.4) is 0 Å². The molecule has 0 aliphatic rings. The lowest BCUT2D eigenvalue weighted by Crippen LogP contribution is -2.36. The van der Waals surface area contributed by atoms with Crippen LogP contribution in [0.15, 0.2) is 78.9 Å². The van der Waals surface area contributed by atoms with E-state index in [0.717, 1.165) is 17.1 Å². The van der Waals surface area contributed by atoms with Crippen LogP contribution in [0.25, 0.3) is 0 Å². The van der Waals surface area contributed by atoms with Crippen LogP contribution < -0.4 is 15.6 Å². The van der Waals surface area contributed by atoms with E-state index in [1.165, 1.54) is 0 Å². The minimum absolute atomic E-state index is 0.269. The van der Waals surface area contributed by atoms with Crippen LogP contribution in [0, 0.1) is 0 Å². The van der Waals surface area contributed by atoms with E-state index in [2.05, 4.69) is 10.9 Å². The zero-order valence-corrected chi connectivity index (χ0v) is 14.2. The molecule has 5 heteroatoms. The van der Waals surface area contributed by atoms with E-state index in [4.69, 9.17) is 16.3 Å². The van der Waals surface area contributed by atoms with Gasteiger partial charge in [0.2, 0.25) is 0 Å². The SMILES string of the molecule is O=C(NNCc1ccc(Oc2ccccc2)cc1)c1ccccc1Cl. The number of amides is 1. The second kappa shape index (κ2) is 8.33. The molecule has 2 N–H and O–H groups in total. The molecule has 25 heavy (non-hydrogen) atoms. The smallest absolute Gasteiger partial charge is 0.266 e. The summed E-state index contributed by atoms with van der Waals surface area (Å²) in [7, 11) is 0. The van der Waals surface area contributed by atoms with Gasteiger partial charge in [-0.1, -0.05) is 54.1 Å². The Balaban J connectivity index is 1.50. The average Bonchev–Trinajstić information content (AvgIpc) is 2.64. The number of carbonyl (C=O) groups excluding carboxylic acids is 1. The molecule has 4 nitrogen and oxygen atoms in total. The van der Waals surface area contributed by atoms with Gasteiger partial charge in [0.15, 0.2) is 0 Å². The highest BCUT2D eigenvalue weighted by atomic mass is 35.5. The molecule has 1 amide bonds. The quantitative estimate of drug-likeness (QED) is 0.639. The first kappa shape index (κ1) is 17.0. The van der Waals surface area contributed by atoms with Gasteiger partial charge >= 0.3 is 0 Å². The first-order valence-corrected chi connectivity index (χ1v) is 8.20. The van der Waals surface area contributed by atoms with Crippen molar-refractivity contribution in [3.05, 3.63) is 95.0 Å². The van der Waals surface area contributed by atoms with Crippen molar-refractivity contribution in [2.75, 3.05) is 0 Å². The van der Waals surface area contributed by atoms with Gasteiger partial charge in [0, 0.05) is 6.54 Å². The molecule has 0 saturated carbocycles. The molecule has 0 unspecified atom stereocenters. The maximum atomic E-state index is 12.0. The Morgan fingerprint density at radius 3 is 2.20 bits per heavy atom. The topological polar surface area (TPSA) is 50.4 Å². The van der Waals surface area contributed by atoms with Gasteiger partial charge in [-0.3, -0.25) is 10.2 Å². The predicted molar refractivity (Wildman–Crippen MR) is 98.7 cm³/mol. The van der Waals surface area contributed by atoms with E-state index < -0.39 is 0 Å². The van der Waals surface area contributed by atoms with Gasteiger partial charge in [0.25, 0.3) is 5.91 Å². The summed E-state index contributed by atoms with van der Waals surface area (Å²) in [6.07, 6.45) is 0. The number of ether oxygens (including phenoxy) is 1. The van der Waals surface area contributed by atoms with E-state index in [0.29, 0.717) is 17.1 Å². The molecule has 0 aliphatic carbocycles. The maximum absolute atomic E-state index is 12.0. The zero-order chi connectivity index (χ0) is 17.5. The number of nitrogens with one attached hydrogen (secondary N) is 2. The summed E-state index contributed by atoms with van der Waals surface area (Å²) >= 11 is 6.00. The highest BCUT2D eigenvalue weighted by Gasteiger charge is 2.08. The molecule has 0 atom stereocenters. The highest BCUT2D eigenvalue weighted by molar-refractivity contribution is 6.33. The standard InChI is InChI=1S/C20H17ClN2O2/c21-19-9-5-4-8-18(19)20(24)23-22-14-15-10-12-17(13-11-15)25-16-6-2-1-3-7-16/h1-13,22H,14H2,(H,23,24). The van der Waals surface area contributed by atoms with Crippen LogP contribution in [0.4, 0.5) is 0 Å². The minimum Gasteiger partial charge on any atom is -0.457 e. The van der Waals surface area contributed by atoms with Gasteiger partial charge in [0.05, 0.1) is 10.6 Å². The number of benzene rings is 3. The molecule has 0 spiro atoms. The first-order valence-electron chi connectivity index (χ1n) is 7.82. The van der Waals surface area contributed by atoms with Gasteiger partial charge in [0.1, 0.15) is 11.5 Å². The van der Waals surface area contributed by atoms with Crippen molar-refractivity contribution >= 4 is 17.5 Å². The van der Waals surface area contributed by atoms with Crippen molar-refractivity contribution in [2.45, 2.75) is 6.54 Å². The van der Waals surface area contributed by atoms with Gasteiger partial charge in [-0.25, -0.2) is 5.43 Å². The van der Waals surface area contributed by atoms with E-state index in [1.54, 1.807) is 24.3 Å². The third-order valence-corrected chi connectivity index (χ3v) is 3.84. The monoisotopic (exact) mass is 352 g/mol. The maximum Gasteiger partial charge on any atom is 0.266 e. The van der Waals surface area contributed by atoms with Gasteiger partial charge in [-0.05, 0) is 42.0 Å². The Kier molecular flexibility index (Phi) is 5.67. The van der Waals surface area contributed by atoms with Crippen LogP contribution in [-0.2, 0) is 6.54 Å². The second-order valence-electron chi connectivity index (χ2n) is 5.35. The van der Waals surface area contributed by atoms with Crippen LogP contribution in [0.1, 0.15) is 15.9 Å². The number of para-hydroxylation sites is 1. The Hall–Kier alpha value is -2.82. The van der Waals surface area contributed by atoms with E-state index in [-0.39, 0.29) is 5.91 Å². The van der Waals surface area contributed by atoms with Crippen LogP contribution in [-0.4, -0.2) is 5.91 Å². The molecule has 3 rings (SSSR count). The van der Waals surface area contributed by atoms with Crippen LogP contribution in [0.5, 0.6) is 11.5 Å². The summed E-state index contributed by atoms with van der Waals surface area (Å²) in [5.41, 5.74) is 6.98. The Morgan fingerprint density at radius 2 is 1.48 bits per heavy atom. The second-order valence-corrected chi connectivity index (χ2v) is 5.75. The number of hydrogen-bond acceptors (Lipinski definition) is 3. The van der Waals surface area contributed by atoms with Crippen molar-refractivity contribution in [2.24, 2.45) is 0 Å². The molecule has 0 bridgehead atoms. The Bertz CT molecular complexity index is 836. The average molecular weight is 353 g/mol. The fourth-order valence-corrected chi connectivity index (χ4v) is 2.46. The Morgan fingerprint density at radius 1 is 0.840 bits per heavy atom. The molecule has 3 aromatic rings. The fourth-order valence-electron chi connectivity index (χ4n) is 2.24. The molecule has 126 valence electrons. The third-order valence-electron chi connectivity index (χ3n) is 3.52. The molecular weight excluding hydrogens is 336 g/mol. The largest absolute Gasteiger partial charge is 0.457 e. The molecule has 0 radical (unpaired) electrons. The highest BCUT2D eigenvalue weighted by Crippen LogP contribution is 2.21. The summed E-state index contributed by atoms with van der Waals surface area (Å²) < 4.78 is 5.74. The lowest BCUT2D eigenvalue weighted by Gasteiger charge is -2.09. The number of carbonyl (C=O) groups is 1. The normalized spacial score (nSPS) is 10.3. The molecule has 0 fully saturated rings. The third kappa shape index (κ3) is 4.83. The molecule has 0 saturated heterocycles. The predicted octanol–water partition coefficient (Wildman–Crippen LogP) is 4.57. The summed E-state index contributed by atoms with van der Waals surface area (Å²) in [4.78, 5) is 12.0. The van der Waals surface area contributed by atoms with Crippen LogP contribution in [0.2, 0.25) is 5.02 Å². The summed E-state index contributed by atoms with van der Waals surface area (Å²) in [5, 5.41) is 0.421. The van der Waals surface area contributed by atoms with Crippen molar-refractivity contribution in [3.63, 3.8) is 0 Å². The van der Waals surface area contributed by atoms with E-state index >= 15 is 0 Å². The van der Waals surface area contributed by atoms with Gasteiger partial charge in [-0.15, -0.1) is 0 Å².